The van der Waals surface area contributed by atoms with Crippen LogP contribution < -0.4 is 19.7 Å². The molecule has 0 radical (unpaired) electrons. The number of anilines is 1. The van der Waals surface area contributed by atoms with E-state index in [0.29, 0.717) is 16.6 Å². The van der Waals surface area contributed by atoms with Gasteiger partial charge in [0.15, 0.2) is 5.11 Å². The summed E-state index contributed by atoms with van der Waals surface area (Å²) < 4.78 is 13.4. The van der Waals surface area contributed by atoms with Gasteiger partial charge in [-0.1, -0.05) is 6.07 Å². The number of rotatable bonds is 6. The standard InChI is InChI=1S/C28H28N4O3S/c1-17-15-22(18(2)31(17)19-8-10-20(33)11-9-19)27-26(23-7-5-6-14-29-23)30-28(36)32(27)24-13-12-21(34-3)16-25(24)35-4/h5-16,26-27,33H,1-4H3,(H,30,36). The van der Waals surface area contributed by atoms with E-state index in [2.05, 4.69) is 39.7 Å². The average Bonchev–Trinajstić information content (AvgIpc) is 3.39. The Labute approximate surface area is 215 Å². The van der Waals surface area contributed by atoms with Gasteiger partial charge in [0.2, 0.25) is 0 Å². The van der Waals surface area contributed by atoms with Crippen molar-refractivity contribution in [1.82, 2.24) is 14.9 Å². The van der Waals surface area contributed by atoms with Crippen molar-refractivity contribution in [3.05, 3.63) is 95.6 Å². The number of aryl methyl sites for hydroxylation is 1. The van der Waals surface area contributed by atoms with Gasteiger partial charge in [0.05, 0.1) is 37.7 Å². The van der Waals surface area contributed by atoms with Gasteiger partial charge < -0.3 is 29.4 Å². The van der Waals surface area contributed by atoms with Crippen LogP contribution in [0.5, 0.6) is 17.2 Å². The molecule has 0 bridgehead atoms. The molecule has 0 spiro atoms. The third kappa shape index (κ3) is 4.03. The Hall–Kier alpha value is -4.04. The van der Waals surface area contributed by atoms with E-state index in [1.165, 1.54) is 0 Å². The van der Waals surface area contributed by atoms with Crippen molar-refractivity contribution in [2.75, 3.05) is 19.1 Å². The number of phenolic OH excluding ortho intramolecular Hbond substituents is 1. The van der Waals surface area contributed by atoms with Crippen LogP contribution in [-0.4, -0.2) is 34.0 Å². The van der Waals surface area contributed by atoms with Crippen molar-refractivity contribution in [2.45, 2.75) is 25.9 Å². The molecule has 1 fully saturated rings. The molecule has 2 unspecified atom stereocenters. The molecule has 2 aromatic heterocycles. The first-order valence-electron chi connectivity index (χ1n) is 11.6. The molecule has 1 aliphatic rings. The van der Waals surface area contributed by atoms with Crippen molar-refractivity contribution in [3.8, 4) is 22.9 Å². The Balaban J connectivity index is 1.69. The molecule has 2 N–H and O–H groups in total. The topological polar surface area (TPSA) is 71.8 Å². The largest absolute Gasteiger partial charge is 0.508 e. The maximum Gasteiger partial charge on any atom is 0.174 e. The van der Waals surface area contributed by atoms with Crippen LogP contribution in [0.4, 0.5) is 5.69 Å². The lowest BCUT2D eigenvalue weighted by atomic mass is 9.96. The van der Waals surface area contributed by atoms with Gasteiger partial charge in [-0.25, -0.2) is 0 Å². The summed E-state index contributed by atoms with van der Waals surface area (Å²) in [5.41, 5.74) is 5.98. The minimum absolute atomic E-state index is 0.181. The fourth-order valence-corrected chi connectivity index (χ4v) is 5.34. The van der Waals surface area contributed by atoms with Crippen LogP contribution in [0.1, 0.15) is 34.7 Å². The Kier molecular flexibility index (Phi) is 6.28. The van der Waals surface area contributed by atoms with Gasteiger partial charge in [-0.3, -0.25) is 4.98 Å². The predicted octanol–water partition coefficient (Wildman–Crippen LogP) is 5.39. The maximum absolute atomic E-state index is 9.79. The molecule has 2 atom stereocenters. The molecule has 0 amide bonds. The Morgan fingerprint density at radius 1 is 0.972 bits per heavy atom. The quantitative estimate of drug-likeness (QED) is 0.344. The lowest BCUT2D eigenvalue weighted by molar-refractivity contribution is 0.394. The smallest absolute Gasteiger partial charge is 0.174 e. The number of hydrogen-bond acceptors (Lipinski definition) is 5. The molecule has 0 saturated carbocycles. The summed E-state index contributed by atoms with van der Waals surface area (Å²) in [6.07, 6.45) is 1.80. The van der Waals surface area contributed by atoms with E-state index in [1.807, 2.05) is 48.5 Å². The van der Waals surface area contributed by atoms with Crippen molar-refractivity contribution in [1.29, 1.82) is 0 Å². The van der Waals surface area contributed by atoms with Crippen LogP contribution in [-0.2, 0) is 0 Å². The second kappa shape index (κ2) is 9.54. The molecular formula is C28H28N4O3S. The van der Waals surface area contributed by atoms with Crippen LogP contribution in [0, 0.1) is 13.8 Å². The molecule has 1 aliphatic heterocycles. The van der Waals surface area contributed by atoms with Gasteiger partial charge in [0.1, 0.15) is 17.2 Å². The summed E-state index contributed by atoms with van der Waals surface area (Å²) in [4.78, 5) is 6.77. The van der Waals surface area contributed by atoms with Gasteiger partial charge in [-0.2, -0.15) is 0 Å². The number of aromatic hydroxyl groups is 1. The first kappa shape index (κ1) is 23.7. The summed E-state index contributed by atoms with van der Waals surface area (Å²) in [6, 6.07) is 20.7. The summed E-state index contributed by atoms with van der Waals surface area (Å²) in [5, 5.41) is 13.9. The predicted molar refractivity (Wildman–Crippen MR) is 144 cm³/mol. The fraction of sp³-hybridized carbons (Fsp3) is 0.214. The molecule has 0 aliphatic carbocycles. The van der Waals surface area contributed by atoms with E-state index in [1.54, 1.807) is 32.5 Å². The zero-order chi connectivity index (χ0) is 25.4. The highest BCUT2D eigenvalue weighted by molar-refractivity contribution is 7.80. The van der Waals surface area contributed by atoms with Crippen LogP contribution in [0.15, 0.2) is 72.9 Å². The lowest BCUT2D eigenvalue weighted by Gasteiger charge is -2.29. The molecule has 8 heteroatoms. The van der Waals surface area contributed by atoms with Crippen molar-refractivity contribution in [2.24, 2.45) is 0 Å². The molecule has 5 rings (SSSR count). The highest BCUT2D eigenvalue weighted by atomic mass is 32.1. The van der Waals surface area contributed by atoms with Crippen molar-refractivity contribution < 1.29 is 14.6 Å². The Morgan fingerprint density at radius 3 is 2.42 bits per heavy atom. The second-order valence-corrected chi connectivity index (χ2v) is 9.10. The molecule has 7 nitrogen and oxygen atoms in total. The minimum Gasteiger partial charge on any atom is -0.508 e. The monoisotopic (exact) mass is 500 g/mol. The molecule has 4 aromatic rings. The molecule has 3 heterocycles. The minimum atomic E-state index is -0.188. The normalized spacial score (nSPS) is 17.2. The molecule has 36 heavy (non-hydrogen) atoms. The molecular weight excluding hydrogens is 472 g/mol. The number of ether oxygens (including phenoxy) is 2. The van der Waals surface area contributed by atoms with E-state index in [0.717, 1.165) is 34.0 Å². The number of thiocarbonyl (C=S) groups is 1. The number of phenols is 1. The summed E-state index contributed by atoms with van der Waals surface area (Å²) in [7, 11) is 3.28. The van der Waals surface area contributed by atoms with Crippen molar-refractivity contribution in [3.63, 3.8) is 0 Å². The summed E-state index contributed by atoms with van der Waals surface area (Å²) in [6.45, 7) is 4.19. The lowest BCUT2D eigenvalue weighted by Crippen LogP contribution is -2.30. The zero-order valence-electron chi connectivity index (χ0n) is 20.6. The van der Waals surface area contributed by atoms with Crippen molar-refractivity contribution >= 4 is 23.0 Å². The van der Waals surface area contributed by atoms with Crippen LogP contribution in [0.3, 0.4) is 0 Å². The summed E-state index contributed by atoms with van der Waals surface area (Å²) in [5.74, 6) is 1.61. The van der Waals surface area contributed by atoms with Gasteiger partial charge in [0.25, 0.3) is 0 Å². The average molecular weight is 501 g/mol. The third-order valence-corrected chi connectivity index (χ3v) is 6.96. The Morgan fingerprint density at radius 2 is 1.75 bits per heavy atom. The van der Waals surface area contributed by atoms with Gasteiger partial charge >= 0.3 is 0 Å². The number of methoxy groups -OCH3 is 2. The fourth-order valence-electron chi connectivity index (χ4n) is 5.00. The van der Waals surface area contributed by atoms with E-state index >= 15 is 0 Å². The van der Waals surface area contributed by atoms with Crippen LogP contribution >= 0.6 is 12.2 Å². The van der Waals surface area contributed by atoms with Crippen LogP contribution in [0.25, 0.3) is 5.69 Å². The van der Waals surface area contributed by atoms with E-state index in [4.69, 9.17) is 21.7 Å². The molecule has 2 aromatic carbocycles. The molecule has 1 saturated heterocycles. The third-order valence-electron chi connectivity index (χ3n) is 6.64. The number of pyridine rings is 1. The number of nitrogens with one attached hydrogen (secondary N) is 1. The highest BCUT2D eigenvalue weighted by Gasteiger charge is 2.43. The number of aromatic nitrogens is 2. The molecule has 184 valence electrons. The SMILES string of the molecule is COc1ccc(N2C(=S)NC(c3ccccn3)C2c2cc(C)n(-c3ccc(O)cc3)c2C)c(OC)c1. The van der Waals surface area contributed by atoms with E-state index in [-0.39, 0.29) is 17.8 Å². The Bertz CT molecular complexity index is 1400. The van der Waals surface area contributed by atoms with Gasteiger partial charge in [-0.05, 0) is 86.2 Å². The zero-order valence-corrected chi connectivity index (χ0v) is 21.4. The highest BCUT2D eigenvalue weighted by Crippen LogP contribution is 2.46. The van der Waals surface area contributed by atoms with Gasteiger partial charge in [0, 0.05) is 29.3 Å². The first-order chi connectivity index (χ1) is 17.4. The van der Waals surface area contributed by atoms with Crippen LogP contribution in [0.2, 0.25) is 0 Å². The van der Waals surface area contributed by atoms with Gasteiger partial charge in [-0.15, -0.1) is 0 Å². The number of nitrogens with zero attached hydrogens (tertiary/aromatic N) is 3. The number of hydrogen-bond donors (Lipinski definition) is 2. The van der Waals surface area contributed by atoms with E-state index in [9.17, 15) is 5.11 Å². The summed E-state index contributed by atoms with van der Waals surface area (Å²) >= 11 is 5.90. The number of benzene rings is 2. The second-order valence-electron chi connectivity index (χ2n) is 8.71. The maximum atomic E-state index is 9.79. The first-order valence-corrected chi connectivity index (χ1v) is 12.0. The van der Waals surface area contributed by atoms with E-state index < -0.39 is 0 Å².